The molecule has 1 unspecified atom stereocenters. The van der Waals surface area contributed by atoms with E-state index in [0.29, 0.717) is 19.8 Å². The van der Waals surface area contributed by atoms with Gasteiger partial charge in [-0.2, -0.15) is 0 Å². The van der Waals surface area contributed by atoms with Crippen LogP contribution in [0, 0.1) is 0 Å². The van der Waals surface area contributed by atoms with Gasteiger partial charge in [-0.15, -0.1) is 0 Å². The lowest BCUT2D eigenvalue weighted by atomic mass is 10.1. The van der Waals surface area contributed by atoms with Crippen LogP contribution in [0.25, 0.3) is 0 Å². The second-order valence-electron chi connectivity index (χ2n) is 8.67. The molecule has 0 aromatic carbocycles. The molecule has 1 atom stereocenters. The molecule has 0 saturated heterocycles. The van der Waals surface area contributed by atoms with Crippen LogP contribution in [-0.2, 0) is 14.3 Å². The molecular weight excluding hydrogens is 366 g/mol. The van der Waals surface area contributed by atoms with Gasteiger partial charge < -0.3 is 19.1 Å². The average Bonchev–Trinajstić information content (AvgIpc) is 2.70. The highest BCUT2D eigenvalue weighted by molar-refractivity contribution is 5.81. The number of likely N-dealkylation sites (N-methyl/N-ethyl adjacent to an activating group) is 1. The maximum atomic E-state index is 10.9. The standard InChI is InChI=1S/C24H48NO4/c1-5-7-8-9-10-11-12-13-14-15-18-25(3,4)23(21-26)22-28-19-16-17-20-29-24(27)6-2/h6,23,26H,2,5,7-22H2,1,3-4H3/q+1. The Kier molecular flexibility index (Phi) is 18.5. The van der Waals surface area contributed by atoms with E-state index < -0.39 is 0 Å². The fourth-order valence-electron chi connectivity index (χ4n) is 3.42. The van der Waals surface area contributed by atoms with Crippen LogP contribution in [-0.4, -0.2) is 68.7 Å². The summed E-state index contributed by atoms with van der Waals surface area (Å²) >= 11 is 0. The number of esters is 1. The third kappa shape index (κ3) is 16.6. The molecule has 0 aliphatic carbocycles. The van der Waals surface area contributed by atoms with Crippen molar-refractivity contribution < 1.29 is 23.9 Å². The molecule has 5 heteroatoms. The number of carbonyl (C=O) groups excluding carboxylic acids is 1. The minimum Gasteiger partial charge on any atom is -0.463 e. The van der Waals surface area contributed by atoms with Crippen LogP contribution >= 0.6 is 0 Å². The zero-order chi connectivity index (χ0) is 21.8. The van der Waals surface area contributed by atoms with Crippen molar-refractivity contribution in [2.24, 2.45) is 0 Å². The van der Waals surface area contributed by atoms with Gasteiger partial charge in [-0.25, -0.2) is 4.79 Å². The van der Waals surface area contributed by atoms with Crippen LogP contribution in [0.4, 0.5) is 0 Å². The SMILES string of the molecule is C=CC(=O)OCCCCOCC(CO)[N+](C)(C)CCCCCCCCCCCC. The van der Waals surface area contributed by atoms with Gasteiger partial charge in [0.05, 0.1) is 33.9 Å². The number of aliphatic hydroxyl groups is 1. The summed E-state index contributed by atoms with van der Waals surface area (Å²) in [6.07, 6.45) is 16.2. The molecule has 0 aliphatic rings. The van der Waals surface area contributed by atoms with Crippen molar-refractivity contribution in [1.29, 1.82) is 0 Å². The first-order chi connectivity index (χ1) is 14.0. The van der Waals surface area contributed by atoms with E-state index in [1.165, 1.54) is 70.3 Å². The summed E-state index contributed by atoms with van der Waals surface area (Å²) in [4.78, 5) is 10.9. The fraction of sp³-hybridized carbons (Fsp3) is 0.875. The maximum absolute atomic E-state index is 10.9. The van der Waals surface area contributed by atoms with Crippen molar-refractivity contribution >= 4 is 5.97 Å². The molecular formula is C24H48NO4+. The summed E-state index contributed by atoms with van der Waals surface area (Å²) in [6.45, 7) is 8.43. The van der Waals surface area contributed by atoms with Crippen LogP contribution in [0.3, 0.4) is 0 Å². The number of nitrogens with zero attached hydrogens (tertiary/aromatic N) is 1. The van der Waals surface area contributed by atoms with Crippen LogP contribution in [0.2, 0.25) is 0 Å². The lowest BCUT2D eigenvalue weighted by molar-refractivity contribution is -0.916. The van der Waals surface area contributed by atoms with E-state index in [1.54, 1.807) is 0 Å². The van der Waals surface area contributed by atoms with Crippen molar-refractivity contribution in [1.82, 2.24) is 0 Å². The minimum atomic E-state index is -0.378. The number of hydrogen-bond acceptors (Lipinski definition) is 4. The monoisotopic (exact) mass is 414 g/mol. The van der Waals surface area contributed by atoms with Gasteiger partial charge in [-0.3, -0.25) is 0 Å². The van der Waals surface area contributed by atoms with Crippen LogP contribution in [0.1, 0.15) is 84.0 Å². The van der Waals surface area contributed by atoms with Crippen molar-refractivity contribution in [3.63, 3.8) is 0 Å². The Labute approximate surface area is 180 Å². The van der Waals surface area contributed by atoms with Gasteiger partial charge in [0, 0.05) is 12.7 Å². The van der Waals surface area contributed by atoms with Crippen LogP contribution in [0.15, 0.2) is 12.7 Å². The number of carbonyl (C=O) groups is 1. The first kappa shape index (κ1) is 28.1. The van der Waals surface area contributed by atoms with E-state index in [2.05, 4.69) is 27.6 Å². The number of rotatable bonds is 21. The summed E-state index contributed by atoms with van der Waals surface area (Å²) in [6, 6.07) is 0.104. The van der Waals surface area contributed by atoms with Crippen molar-refractivity contribution in [2.75, 3.05) is 47.1 Å². The number of aliphatic hydroxyl groups excluding tert-OH is 1. The summed E-state index contributed by atoms with van der Waals surface area (Å²) in [7, 11) is 4.37. The molecule has 0 spiro atoms. The molecule has 0 heterocycles. The highest BCUT2D eigenvalue weighted by Gasteiger charge is 2.27. The highest BCUT2D eigenvalue weighted by atomic mass is 16.5. The lowest BCUT2D eigenvalue weighted by Gasteiger charge is -2.37. The molecule has 0 aromatic heterocycles. The zero-order valence-electron chi connectivity index (χ0n) is 19.5. The highest BCUT2D eigenvalue weighted by Crippen LogP contribution is 2.14. The molecule has 0 aromatic rings. The molecule has 0 aliphatic heterocycles. The first-order valence-corrected chi connectivity index (χ1v) is 11.8. The smallest absolute Gasteiger partial charge is 0.330 e. The van der Waals surface area contributed by atoms with Crippen LogP contribution in [0.5, 0.6) is 0 Å². The number of unbranched alkanes of at least 4 members (excludes halogenated alkanes) is 10. The second kappa shape index (κ2) is 19.1. The van der Waals surface area contributed by atoms with E-state index in [9.17, 15) is 9.90 Å². The van der Waals surface area contributed by atoms with E-state index >= 15 is 0 Å². The Hall–Kier alpha value is -0.910. The molecule has 0 fully saturated rings. The van der Waals surface area contributed by atoms with Gasteiger partial charge in [-0.05, 0) is 25.7 Å². The van der Waals surface area contributed by atoms with Crippen LogP contribution < -0.4 is 0 Å². The fourth-order valence-corrected chi connectivity index (χ4v) is 3.42. The minimum absolute atomic E-state index is 0.104. The molecule has 5 nitrogen and oxygen atoms in total. The van der Waals surface area contributed by atoms with Gasteiger partial charge >= 0.3 is 5.97 Å². The Bertz CT molecular complexity index is 398. The summed E-state index contributed by atoms with van der Waals surface area (Å²) in [5, 5.41) is 9.79. The first-order valence-electron chi connectivity index (χ1n) is 11.8. The molecule has 172 valence electrons. The van der Waals surface area contributed by atoms with Gasteiger partial charge in [0.1, 0.15) is 12.6 Å². The average molecular weight is 415 g/mol. The summed E-state index contributed by atoms with van der Waals surface area (Å²) in [5.74, 6) is -0.378. The van der Waals surface area contributed by atoms with Gasteiger partial charge in [0.25, 0.3) is 0 Å². The lowest BCUT2D eigenvalue weighted by Crippen LogP contribution is -2.53. The quantitative estimate of drug-likeness (QED) is 0.126. The predicted octanol–water partition coefficient (Wildman–Crippen LogP) is 4.87. The summed E-state index contributed by atoms with van der Waals surface area (Å²) in [5.41, 5.74) is 0. The normalized spacial score (nSPS) is 12.7. The second-order valence-corrected chi connectivity index (χ2v) is 8.67. The Morgan fingerprint density at radius 1 is 0.931 bits per heavy atom. The molecule has 0 saturated carbocycles. The van der Waals surface area contributed by atoms with Gasteiger partial charge in [-0.1, -0.05) is 64.9 Å². The Morgan fingerprint density at radius 2 is 1.48 bits per heavy atom. The van der Waals surface area contributed by atoms with Gasteiger partial charge in [0.15, 0.2) is 0 Å². The number of ether oxygens (including phenoxy) is 2. The zero-order valence-corrected chi connectivity index (χ0v) is 19.5. The van der Waals surface area contributed by atoms with E-state index in [-0.39, 0.29) is 18.6 Å². The van der Waals surface area contributed by atoms with Gasteiger partial charge in [0.2, 0.25) is 0 Å². The predicted molar refractivity (Wildman–Crippen MR) is 121 cm³/mol. The Morgan fingerprint density at radius 3 is 2.03 bits per heavy atom. The molecule has 0 radical (unpaired) electrons. The van der Waals surface area contributed by atoms with E-state index in [1.807, 2.05) is 0 Å². The van der Waals surface area contributed by atoms with E-state index in [0.717, 1.165) is 23.9 Å². The number of quaternary nitrogens is 1. The molecule has 0 rings (SSSR count). The number of hydrogen-bond donors (Lipinski definition) is 1. The molecule has 29 heavy (non-hydrogen) atoms. The summed E-state index contributed by atoms with van der Waals surface area (Å²) < 4.78 is 11.5. The third-order valence-corrected chi connectivity index (χ3v) is 5.69. The van der Waals surface area contributed by atoms with Crippen molar-refractivity contribution in [3.8, 4) is 0 Å². The maximum Gasteiger partial charge on any atom is 0.330 e. The topological polar surface area (TPSA) is 55.8 Å². The largest absolute Gasteiger partial charge is 0.463 e. The Balaban J connectivity index is 3.73. The van der Waals surface area contributed by atoms with Crippen molar-refractivity contribution in [2.45, 2.75) is 90.0 Å². The molecule has 0 amide bonds. The van der Waals surface area contributed by atoms with Crippen molar-refractivity contribution in [3.05, 3.63) is 12.7 Å². The van der Waals surface area contributed by atoms with E-state index in [4.69, 9.17) is 9.47 Å². The molecule has 0 bridgehead atoms. The third-order valence-electron chi connectivity index (χ3n) is 5.69. The molecule has 1 N–H and O–H groups in total.